The number of carbonyl (C=O) groups excluding carboxylic acids is 1. The molecule has 0 spiro atoms. The molecule has 0 aliphatic carbocycles. The molecule has 0 aromatic rings. The monoisotopic (exact) mass is 154 g/mol. The first-order chi connectivity index (χ1) is 5.29. The zero-order valence-electron chi connectivity index (χ0n) is 6.08. The van der Waals surface area contributed by atoms with E-state index in [-0.39, 0.29) is 11.8 Å². The summed E-state index contributed by atoms with van der Waals surface area (Å²) in [6.07, 6.45) is 0.993. The smallest absolute Gasteiger partial charge is 0.254 e. The van der Waals surface area contributed by atoms with E-state index in [1.54, 1.807) is 0 Å². The van der Waals surface area contributed by atoms with Crippen LogP contribution in [0.2, 0.25) is 0 Å². The number of amides is 1. The molecule has 2 atom stereocenters. The van der Waals surface area contributed by atoms with Gasteiger partial charge < -0.3 is 10.4 Å². The second-order valence-electron chi connectivity index (χ2n) is 2.95. The molecule has 4 heteroatoms. The molecule has 0 bridgehead atoms. The van der Waals surface area contributed by atoms with Crippen molar-refractivity contribution in [3.8, 4) is 0 Å². The molecule has 0 aromatic carbocycles. The van der Waals surface area contributed by atoms with Gasteiger partial charge in [-0.25, -0.2) is 0 Å². The highest BCUT2D eigenvalue weighted by Gasteiger charge is 2.39. The van der Waals surface area contributed by atoms with Crippen LogP contribution in [0.25, 0.3) is 0 Å². The van der Waals surface area contributed by atoms with E-state index < -0.39 is 6.10 Å². The molecule has 11 heavy (non-hydrogen) atoms. The standard InChI is InChI=1S/C7H10N2O2/c10-5-4-2-1-3-8-6(4)9-7(5)11/h4-5,10H,1-3H2,(H,8,9,11). The summed E-state index contributed by atoms with van der Waals surface area (Å²) in [5, 5.41) is 11.9. The molecule has 0 radical (unpaired) electrons. The van der Waals surface area contributed by atoms with Gasteiger partial charge in [0.05, 0.1) is 5.92 Å². The van der Waals surface area contributed by atoms with Crippen molar-refractivity contribution in [1.29, 1.82) is 0 Å². The van der Waals surface area contributed by atoms with Crippen LogP contribution in [0, 0.1) is 5.92 Å². The number of hydrogen-bond donors (Lipinski definition) is 2. The highest BCUT2D eigenvalue weighted by Crippen LogP contribution is 2.22. The van der Waals surface area contributed by atoms with Crippen LogP contribution < -0.4 is 5.32 Å². The van der Waals surface area contributed by atoms with Crippen LogP contribution >= 0.6 is 0 Å². The summed E-state index contributed by atoms with van der Waals surface area (Å²) in [5.74, 6) is 0.348. The van der Waals surface area contributed by atoms with Gasteiger partial charge >= 0.3 is 0 Å². The number of aliphatic imine (C=N–C) groups is 1. The zero-order chi connectivity index (χ0) is 7.84. The van der Waals surface area contributed by atoms with E-state index in [1.807, 2.05) is 0 Å². The fraction of sp³-hybridized carbons (Fsp3) is 0.714. The average Bonchev–Trinajstić information content (AvgIpc) is 2.30. The Labute approximate surface area is 64.3 Å². The van der Waals surface area contributed by atoms with E-state index in [2.05, 4.69) is 10.3 Å². The number of nitrogens with one attached hydrogen (secondary N) is 1. The maximum Gasteiger partial charge on any atom is 0.254 e. The Kier molecular flexibility index (Phi) is 1.42. The third-order valence-corrected chi connectivity index (χ3v) is 2.21. The molecule has 0 saturated carbocycles. The van der Waals surface area contributed by atoms with Gasteiger partial charge in [0.1, 0.15) is 11.9 Å². The number of hydrogen-bond acceptors (Lipinski definition) is 3. The first-order valence-electron chi connectivity index (χ1n) is 3.82. The van der Waals surface area contributed by atoms with E-state index in [4.69, 9.17) is 0 Å². The second kappa shape index (κ2) is 2.30. The zero-order valence-corrected chi connectivity index (χ0v) is 6.08. The topological polar surface area (TPSA) is 61.7 Å². The van der Waals surface area contributed by atoms with Gasteiger partial charge in [-0.15, -0.1) is 0 Å². The molecular formula is C7H10N2O2. The Morgan fingerprint density at radius 3 is 3.18 bits per heavy atom. The van der Waals surface area contributed by atoms with Gasteiger partial charge in [0.25, 0.3) is 5.91 Å². The average molecular weight is 154 g/mol. The van der Waals surface area contributed by atoms with E-state index in [9.17, 15) is 9.90 Å². The number of fused-ring (bicyclic) bond motifs is 1. The van der Waals surface area contributed by atoms with Crippen molar-refractivity contribution in [3.63, 3.8) is 0 Å². The summed E-state index contributed by atoms with van der Waals surface area (Å²) in [5.41, 5.74) is 0. The minimum absolute atomic E-state index is 0.0451. The molecule has 2 N–H and O–H groups in total. The van der Waals surface area contributed by atoms with E-state index >= 15 is 0 Å². The van der Waals surface area contributed by atoms with Crippen molar-refractivity contribution >= 4 is 11.7 Å². The molecule has 1 amide bonds. The van der Waals surface area contributed by atoms with Crippen LogP contribution in [0.4, 0.5) is 0 Å². The molecule has 2 aliphatic rings. The third-order valence-electron chi connectivity index (χ3n) is 2.21. The lowest BCUT2D eigenvalue weighted by Gasteiger charge is -2.15. The van der Waals surface area contributed by atoms with E-state index in [0.717, 1.165) is 19.4 Å². The van der Waals surface area contributed by atoms with Gasteiger partial charge in [-0.05, 0) is 12.8 Å². The van der Waals surface area contributed by atoms with Crippen LogP contribution in [-0.4, -0.2) is 29.5 Å². The summed E-state index contributed by atoms with van der Waals surface area (Å²) >= 11 is 0. The van der Waals surface area contributed by atoms with Crippen LogP contribution in [0.3, 0.4) is 0 Å². The lowest BCUT2D eigenvalue weighted by Crippen LogP contribution is -2.25. The summed E-state index contributed by atoms with van der Waals surface area (Å²) in [4.78, 5) is 15.0. The summed E-state index contributed by atoms with van der Waals surface area (Å²) < 4.78 is 0. The van der Waals surface area contributed by atoms with Crippen molar-refractivity contribution in [2.75, 3.05) is 6.54 Å². The molecule has 2 heterocycles. The number of rotatable bonds is 0. The normalized spacial score (nSPS) is 36.1. The number of amidine groups is 1. The quantitative estimate of drug-likeness (QED) is 0.484. The number of aliphatic hydroxyl groups excluding tert-OH is 1. The number of nitrogens with zero attached hydrogens (tertiary/aromatic N) is 1. The Morgan fingerprint density at radius 2 is 2.45 bits per heavy atom. The minimum Gasteiger partial charge on any atom is -0.382 e. The first-order valence-corrected chi connectivity index (χ1v) is 3.82. The van der Waals surface area contributed by atoms with Crippen LogP contribution in [-0.2, 0) is 4.79 Å². The van der Waals surface area contributed by atoms with Gasteiger partial charge in [-0.3, -0.25) is 9.79 Å². The lowest BCUT2D eigenvalue weighted by atomic mass is 9.97. The fourth-order valence-electron chi connectivity index (χ4n) is 1.59. The van der Waals surface area contributed by atoms with Crippen molar-refractivity contribution in [2.24, 2.45) is 10.9 Å². The largest absolute Gasteiger partial charge is 0.382 e. The summed E-state index contributed by atoms with van der Waals surface area (Å²) in [7, 11) is 0. The Balaban J connectivity index is 2.26. The van der Waals surface area contributed by atoms with Crippen LogP contribution in [0.5, 0.6) is 0 Å². The molecule has 1 fully saturated rings. The van der Waals surface area contributed by atoms with Gasteiger partial charge in [0.2, 0.25) is 0 Å². The third kappa shape index (κ3) is 0.939. The molecule has 2 aliphatic heterocycles. The van der Waals surface area contributed by atoms with Crippen LogP contribution in [0.15, 0.2) is 4.99 Å². The molecular weight excluding hydrogens is 144 g/mol. The van der Waals surface area contributed by atoms with E-state index in [1.165, 1.54) is 0 Å². The predicted octanol–water partition coefficient (Wildman–Crippen LogP) is -0.714. The maximum absolute atomic E-state index is 10.9. The Morgan fingerprint density at radius 1 is 1.64 bits per heavy atom. The number of carbonyl (C=O) groups is 1. The molecule has 2 unspecified atom stereocenters. The maximum atomic E-state index is 10.9. The van der Waals surface area contributed by atoms with Crippen molar-refractivity contribution < 1.29 is 9.90 Å². The highest BCUT2D eigenvalue weighted by molar-refractivity contribution is 6.09. The molecule has 1 saturated heterocycles. The first kappa shape index (κ1) is 6.79. The minimum atomic E-state index is -0.853. The van der Waals surface area contributed by atoms with Gasteiger partial charge in [0.15, 0.2) is 0 Å². The van der Waals surface area contributed by atoms with Crippen molar-refractivity contribution in [2.45, 2.75) is 18.9 Å². The van der Waals surface area contributed by atoms with Crippen molar-refractivity contribution in [3.05, 3.63) is 0 Å². The molecule has 60 valence electrons. The van der Waals surface area contributed by atoms with Crippen molar-refractivity contribution in [1.82, 2.24) is 5.32 Å². The van der Waals surface area contributed by atoms with Gasteiger partial charge in [-0.1, -0.05) is 0 Å². The molecule has 4 nitrogen and oxygen atoms in total. The fourth-order valence-corrected chi connectivity index (χ4v) is 1.59. The Hall–Kier alpha value is -0.900. The Bertz CT molecular complexity index is 224. The molecule has 0 aromatic heterocycles. The highest BCUT2D eigenvalue weighted by atomic mass is 16.3. The lowest BCUT2D eigenvalue weighted by molar-refractivity contribution is -0.127. The SMILES string of the molecule is O=C1NC2=NCCCC2C1O. The van der Waals surface area contributed by atoms with Crippen LogP contribution in [0.1, 0.15) is 12.8 Å². The van der Waals surface area contributed by atoms with Gasteiger partial charge in [-0.2, -0.15) is 0 Å². The second-order valence-corrected chi connectivity index (χ2v) is 2.95. The van der Waals surface area contributed by atoms with E-state index in [0.29, 0.717) is 5.84 Å². The number of aliphatic hydroxyl groups is 1. The summed E-state index contributed by atoms with van der Waals surface area (Å²) in [6, 6.07) is 0. The van der Waals surface area contributed by atoms with Gasteiger partial charge in [0, 0.05) is 6.54 Å². The summed E-state index contributed by atoms with van der Waals surface area (Å²) in [6.45, 7) is 0.777. The molecule has 2 rings (SSSR count). The predicted molar refractivity (Wildman–Crippen MR) is 39.2 cm³/mol.